The maximum absolute atomic E-state index is 11.2. The summed E-state index contributed by atoms with van der Waals surface area (Å²) in [5.41, 5.74) is 0.272. The molecular weight excluding hydrogens is 312 g/mol. The molecule has 0 spiro atoms. The zero-order chi connectivity index (χ0) is 13.3. The first-order valence-corrected chi connectivity index (χ1v) is 7.12. The Morgan fingerprint density at radius 3 is 2.33 bits per heavy atom. The van der Waals surface area contributed by atoms with E-state index in [1.165, 1.54) is 11.3 Å². The van der Waals surface area contributed by atoms with Crippen LogP contribution in [-0.2, 0) is 10.2 Å². The van der Waals surface area contributed by atoms with E-state index in [1.807, 2.05) is 36.4 Å². The number of carboxylic acid groups (broad SMARTS) is 1. The van der Waals surface area contributed by atoms with E-state index in [0.29, 0.717) is 0 Å². The molecule has 0 aliphatic heterocycles. The van der Waals surface area contributed by atoms with Crippen molar-refractivity contribution in [3.05, 3.63) is 45.7 Å². The molecule has 0 atom stereocenters. The van der Waals surface area contributed by atoms with Crippen LogP contribution in [0.3, 0.4) is 0 Å². The van der Waals surface area contributed by atoms with Gasteiger partial charge in [-0.15, -0.1) is 11.3 Å². The fourth-order valence-corrected chi connectivity index (χ4v) is 2.92. The highest BCUT2D eigenvalue weighted by Gasteiger charge is 2.31. The summed E-state index contributed by atoms with van der Waals surface area (Å²) in [5.74, 6) is -0.799. The molecule has 2 rings (SSSR count). The minimum atomic E-state index is -0.835. The molecule has 0 fully saturated rings. The Morgan fingerprint density at radius 2 is 1.78 bits per heavy atom. The van der Waals surface area contributed by atoms with Crippen LogP contribution in [0.2, 0.25) is 0 Å². The molecule has 1 aromatic carbocycles. The molecule has 1 N–H and O–H groups in total. The van der Waals surface area contributed by atoms with Gasteiger partial charge < -0.3 is 5.11 Å². The lowest BCUT2D eigenvalue weighted by Gasteiger charge is -2.16. The molecule has 0 aliphatic rings. The van der Waals surface area contributed by atoms with Crippen LogP contribution in [0.5, 0.6) is 0 Å². The van der Waals surface area contributed by atoms with Crippen molar-refractivity contribution in [1.82, 2.24) is 0 Å². The van der Waals surface area contributed by atoms with Crippen molar-refractivity contribution < 1.29 is 9.90 Å². The minimum Gasteiger partial charge on any atom is -0.481 e. The van der Waals surface area contributed by atoms with Gasteiger partial charge in [0, 0.05) is 14.2 Å². The lowest BCUT2D eigenvalue weighted by molar-refractivity contribution is -0.142. The second kappa shape index (κ2) is 4.86. The van der Waals surface area contributed by atoms with Gasteiger partial charge >= 0.3 is 5.97 Å². The molecule has 18 heavy (non-hydrogen) atoms. The van der Waals surface area contributed by atoms with Gasteiger partial charge in [0.2, 0.25) is 0 Å². The van der Waals surface area contributed by atoms with Crippen LogP contribution in [0.15, 0.2) is 40.9 Å². The summed E-state index contributed by atoms with van der Waals surface area (Å²) in [4.78, 5) is 13.2. The lowest BCUT2D eigenvalue weighted by atomic mass is 9.92. The first-order valence-electron chi connectivity index (χ1n) is 5.51. The summed E-state index contributed by atoms with van der Waals surface area (Å²) in [6.45, 7) is 3.46. The Kier molecular flexibility index (Phi) is 3.59. The molecule has 0 bridgehead atoms. The Morgan fingerprint density at radius 1 is 1.17 bits per heavy atom. The van der Waals surface area contributed by atoms with Gasteiger partial charge in [-0.1, -0.05) is 28.1 Å². The van der Waals surface area contributed by atoms with Crippen LogP contribution in [0, 0.1) is 0 Å². The van der Waals surface area contributed by atoms with Crippen LogP contribution in [0.4, 0.5) is 0 Å². The maximum Gasteiger partial charge on any atom is 0.314 e. The number of aliphatic carboxylic acids is 1. The summed E-state index contributed by atoms with van der Waals surface area (Å²) >= 11 is 4.93. The zero-order valence-corrected chi connectivity index (χ0v) is 12.5. The van der Waals surface area contributed by atoms with Gasteiger partial charge in [0.1, 0.15) is 0 Å². The third kappa shape index (κ3) is 2.49. The second-order valence-electron chi connectivity index (χ2n) is 4.60. The molecule has 0 saturated carbocycles. The molecule has 0 saturated heterocycles. The van der Waals surface area contributed by atoms with Gasteiger partial charge in [-0.05, 0) is 43.7 Å². The number of rotatable bonds is 3. The SMILES string of the molecule is CC(C)(C(=O)O)c1ccc(-c2ccc(Br)cc2)s1. The van der Waals surface area contributed by atoms with Crippen LogP contribution in [0.25, 0.3) is 10.4 Å². The van der Waals surface area contributed by atoms with Crippen molar-refractivity contribution in [2.45, 2.75) is 19.3 Å². The van der Waals surface area contributed by atoms with E-state index in [0.717, 1.165) is 19.8 Å². The van der Waals surface area contributed by atoms with E-state index in [2.05, 4.69) is 15.9 Å². The fraction of sp³-hybridized carbons (Fsp3) is 0.214. The molecule has 0 unspecified atom stereocenters. The topological polar surface area (TPSA) is 37.3 Å². The number of benzene rings is 1. The van der Waals surface area contributed by atoms with Gasteiger partial charge in [0.25, 0.3) is 0 Å². The average Bonchev–Trinajstić information content (AvgIpc) is 2.79. The molecule has 0 amide bonds. The van der Waals surface area contributed by atoms with Crippen LogP contribution >= 0.6 is 27.3 Å². The molecule has 0 aliphatic carbocycles. The summed E-state index contributed by atoms with van der Waals surface area (Å²) in [6.07, 6.45) is 0. The van der Waals surface area contributed by atoms with E-state index in [1.54, 1.807) is 13.8 Å². The fourth-order valence-electron chi connectivity index (χ4n) is 1.55. The van der Waals surface area contributed by atoms with Crippen LogP contribution in [-0.4, -0.2) is 11.1 Å². The van der Waals surface area contributed by atoms with Crippen molar-refractivity contribution in [3.63, 3.8) is 0 Å². The maximum atomic E-state index is 11.2. The molecular formula is C14H13BrO2S. The highest BCUT2D eigenvalue weighted by Crippen LogP contribution is 2.35. The standard InChI is InChI=1S/C14H13BrO2S/c1-14(2,13(16)17)12-8-7-11(18-12)9-3-5-10(15)6-4-9/h3-8H,1-2H3,(H,16,17). The Balaban J connectivity index is 2.37. The Hall–Kier alpha value is -1.13. The molecule has 1 aromatic heterocycles. The monoisotopic (exact) mass is 324 g/mol. The van der Waals surface area contributed by atoms with Crippen molar-refractivity contribution in [2.75, 3.05) is 0 Å². The van der Waals surface area contributed by atoms with Crippen molar-refractivity contribution in [3.8, 4) is 10.4 Å². The van der Waals surface area contributed by atoms with E-state index in [4.69, 9.17) is 0 Å². The number of thiophene rings is 1. The van der Waals surface area contributed by atoms with Crippen LogP contribution in [0.1, 0.15) is 18.7 Å². The van der Waals surface area contributed by atoms with Gasteiger partial charge in [-0.25, -0.2) is 0 Å². The van der Waals surface area contributed by atoms with Gasteiger partial charge in [-0.3, -0.25) is 4.79 Å². The number of carboxylic acids is 1. The minimum absolute atomic E-state index is 0.799. The zero-order valence-electron chi connectivity index (χ0n) is 10.1. The quantitative estimate of drug-likeness (QED) is 0.899. The second-order valence-corrected chi connectivity index (χ2v) is 6.60. The van der Waals surface area contributed by atoms with Gasteiger partial charge in [0.05, 0.1) is 5.41 Å². The molecule has 2 nitrogen and oxygen atoms in total. The average molecular weight is 325 g/mol. The lowest BCUT2D eigenvalue weighted by Crippen LogP contribution is -2.27. The van der Waals surface area contributed by atoms with E-state index in [-0.39, 0.29) is 0 Å². The molecule has 4 heteroatoms. The Labute approximate surface area is 118 Å². The van der Waals surface area contributed by atoms with Crippen LogP contribution < -0.4 is 0 Å². The first-order chi connectivity index (χ1) is 8.41. The smallest absolute Gasteiger partial charge is 0.314 e. The van der Waals surface area contributed by atoms with E-state index in [9.17, 15) is 9.90 Å². The number of hydrogen-bond donors (Lipinski definition) is 1. The molecule has 94 valence electrons. The summed E-state index contributed by atoms with van der Waals surface area (Å²) in [5, 5.41) is 9.21. The summed E-state index contributed by atoms with van der Waals surface area (Å²) in [6, 6.07) is 11.9. The largest absolute Gasteiger partial charge is 0.481 e. The molecule has 0 radical (unpaired) electrons. The van der Waals surface area contributed by atoms with E-state index < -0.39 is 11.4 Å². The molecule has 2 aromatic rings. The third-order valence-corrected chi connectivity index (χ3v) is 4.87. The van der Waals surface area contributed by atoms with Gasteiger partial charge in [-0.2, -0.15) is 0 Å². The van der Waals surface area contributed by atoms with Crippen molar-refractivity contribution >= 4 is 33.2 Å². The third-order valence-electron chi connectivity index (χ3n) is 2.89. The van der Waals surface area contributed by atoms with Gasteiger partial charge in [0.15, 0.2) is 0 Å². The Bertz CT molecular complexity index is 570. The summed E-state index contributed by atoms with van der Waals surface area (Å²) in [7, 11) is 0. The first kappa shape index (κ1) is 13.3. The van der Waals surface area contributed by atoms with Crippen molar-refractivity contribution in [1.29, 1.82) is 0 Å². The van der Waals surface area contributed by atoms with E-state index >= 15 is 0 Å². The normalized spacial score (nSPS) is 11.5. The van der Waals surface area contributed by atoms with Crippen molar-refractivity contribution in [2.24, 2.45) is 0 Å². The predicted octanol–water partition coefficient (Wildman–Crippen LogP) is 4.54. The summed E-state index contributed by atoms with van der Waals surface area (Å²) < 4.78 is 1.04. The highest BCUT2D eigenvalue weighted by atomic mass is 79.9. The highest BCUT2D eigenvalue weighted by molar-refractivity contribution is 9.10. The number of carbonyl (C=O) groups is 1. The predicted molar refractivity (Wildman–Crippen MR) is 78.1 cm³/mol. The molecule has 1 heterocycles. The number of hydrogen-bond acceptors (Lipinski definition) is 2. The number of halogens is 1.